The Morgan fingerprint density at radius 2 is 1.94 bits per heavy atom. The van der Waals surface area contributed by atoms with Gasteiger partial charge in [-0.05, 0) is 18.9 Å². The van der Waals surface area contributed by atoms with Crippen molar-refractivity contribution in [3.8, 4) is 0 Å². The number of unbranched alkanes of at least 4 members (excludes halogenated alkanes) is 2. The van der Waals surface area contributed by atoms with E-state index in [1.165, 1.54) is 5.56 Å². The van der Waals surface area contributed by atoms with Crippen molar-refractivity contribution in [3.05, 3.63) is 48.2 Å². The number of carbonyl (C=O) groups excluding carboxylic acids is 1. The van der Waals surface area contributed by atoms with Gasteiger partial charge in [-0.25, -0.2) is 0 Å². The van der Waals surface area contributed by atoms with Gasteiger partial charge in [-0.1, -0.05) is 56.2 Å². The van der Waals surface area contributed by atoms with Crippen molar-refractivity contribution in [3.63, 3.8) is 0 Å². The Kier molecular flexibility index (Phi) is 6.85. The topological polar surface area (TPSA) is 20.3 Å². The highest BCUT2D eigenvalue weighted by molar-refractivity contribution is 5.77. The molecule has 0 spiro atoms. The van der Waals surface area contributed by atoms with Crippen LogP contribution in [0.4, 0.5) is 0 Å². The summed E-state index contributed by atoms with van der Waals surface area (Å²) in [6.07, 6.45) is 7.70. The standard InChI is InChI=1S/C16H23NO/c1-3-5-7-12-16(18)17(13-4-2)14-15-10-8-6-9-11-15/h4,6,8-11,13H,3,5,7,12,14H2,1-2H3. The van der Waals surface area contributed by atoms with E-state index in [-0.39, 0.29) is 5.91 Å². The van der Waals surface area contributed by atoms with Crippen molar-refractivity contribution in [2.75, 3.05) is 0 Å². The normalized spacial score (nSPS) is 10.8. The summed E-state index contributed by atoms with van der Waals surface area (Å²) in [5.41, 5.74) is 1.17. The van der Waals surface area contributed by atoms with E-state index in [9.17, 15) is 4.79 Å². The van der Waals surface area contributed by atoms with Crippen molar-refractivity contribution in [2.45, 2.75) is 46.1 Å². The summed E-state index contributed by atoms with van der Waals surface area (Å²) < 4.78 is 0. The lowest BCUT2D eigenvalue weighted by Gasteiger charge is -2.18. The van der Waals surface area contributed by atoms with E-state index < -0.39 is 0 Å². The molecule has 98 valence electrons. The van der Waals surface area contributed by atoms with Gasteiger partial charge in [0, 0.05) is 12.6 Å². The maximum atomic E-state index is 12.1. The van der Waals surface area contributed by atoms with E-state index in [2.05, 4.69) is 19.1 Å². The quantitative estimate of drug-likeness (QED) is 0.661. The van der Waals surface area contributed by atoms with Gasteiger partial charge in [0.15, 0.2) is 0 Å². The van der Waals surface area contributed by atoms with Crippen LogP contribution in [-0.2, 0) is 11.3 Å². The monoisotopic (exact) mass is 245 g/mol. The van der Waals surface area contributed by atoms with Crippen LogP contribution >= 0.6 is 0 Å². The minimum absolute atomic E-state index is 0.213. The van der Waals surface area contributed by atoms with Crippen molar-refractivity contribution in [2.24, 2.45) is 0 Å². The van der Waals surface area contributed by atoms with Crippen LogP contribution in [0.2, 0.25) is 0 Å². The van der Waals surface area contributed by atoms with E-state index >= 15 is 0 Å². The fraction of sp³-hybridized carbons (Fsp3) is 0.438. The summed E-state index contributed by atoms with van der Waals surface area (Å²) in [6.45, 7) is 4.76. The molecule has 18 heavy (non-hydrogen) atoms. The fourth-order valence-electron chi connectivity index (χ4n) is 1.85. The SMILES string of the molecule is CC=CN(Cc1ccccc1)C(=O)CCCCC. The summed E-state index contributed by atoms with van der Waals surface area (Å²) in [7, 11) is 0. The molecule has 0 unspecified atom stereocenters. The minimum atomic E-state index is 0.213. The second-order valence-corrected chi connectivity index (χ2v) is 4.45. The number of benzene rings is 1. The van der Waals surface area contributed by atoms with Crippen LogP contribution in [0.15, 0.2) is 42.6 Å². The first-order valence-corrected chi connectivity index (χ1v) is 6.74. The lowest BCUT2D eigenvalue weighted by atomic mass is 10.1. The van der Waals surface area contributed by atoms with Gasteiger partial charge < -0.3 is 4.90 Å². The van der Waals surface area contributed by atoms with Crippen LogP contribution in [0.3, 0.4) is 0 Å². The first kappa shape index (κ1) is 14.5. The summed E-state index contributed by atoms with van der Waals surface area (Å²) >= 11 is 0. The molecule has 0 atom stereocenters. The molecule has 2 heteroatoms. The zero-order chi connectivity index (χ0) is 13.2. The van der Waals surface area contributed by atoms with Gasteiger partial charge in [0.05, 0.1) is 6.54 Å². The Morgan fingerprint density at radius 1 is 1.22 bits per heavy atom. The van der Waals surface area contributed by atoms with Crippen molar-refractivity contribution >= 4 is 5.91 Å². The van der Waals surface area contributed by atoms with Crippen LogP contribution in [0.1, 0.15) is 45.1 Å². The third-order valence-corrected chi connectivity index (χ3v) is 2.84. The molecule has 0 aliphatic heterocycles. The first-order chi connectivity index (χ1) is 8.77. The molecule has 0 radical (unpaired) electrons. The van der Waals surface area contributed by atoms with E-state index in [1.54, 1.807) is 0 Å². The van der Waals surface area contributed by atoms with Gasteiger partial charge in [-0.15, -0.1) is 0 Å². The Balaban J connectivity index is 2.56. The number of rotatable bonds is 7. The largest absolute Gasteiger partial charge is 0.315 e. The zero-order valence-electron chi connectivity index (χ0n) is 11.4. The molecule has 0 heterocycles. The van der Waals surface area contributed by atoms with Crippen LogP contribution < -0.4 is 0 Å². The predicted octanol–water partition coefficient (Wildman–Crippen LogP) is 4.13. The second-order valence-electron chi connectivity index (χ2n) is 4.45. The van der Waals surface area contributed by atoms with Crippen LogP contribution in [0.25, 0.3) is 0 Å². The Hall–Kier alpha value is -1.57. The van der Waals surface area contributed by atoms with Gasteiger partial charge >= 0.3 is 0 Å². The molecular weight excluding hydrogens is 222 g/mol. The Bertz CT molecular complexity index is 370. The highest BCUT2D eigenvalue weighted by Gasteiger charge is 2.10. The third kappa shape index (κ3) is 5.17. The lowest BCUT2D eigenvalue weighted by Crippen LogP contribution is -2.24. The lowest BCUT2D eigenvalue weighted by molar-refractivity contribution is -0.129. The van der Waals surface area contributed by atoms with E-state index in [1.807, 2.05) is 42.3 Å². The molecule has 0 fully saturated rings. The number of hydrogen-bond donors (Lipinski definition) is 0. The molecule has 0 saturated heterocycles. The molecule has 0 aromatic heterocycles. The summed E-state index contributed by atoms with van der Waals surface area (Å²) in [6, 6.07) is 10.1. The maximum Gasteiger partial charge on any atom is 0.226 e. The van der Waals surface area contributed by atoms with Gasteiger partial charge in [0.1, 0.15) is 0 Å². The summed E-state index contributed by atoms with van der Waals surface area (Å²) in [5.74, 6) is 0.213. The average Bonchev–Trinajstić information content (AvgIpc) is 2.39. The molecule has 2 nitrogen and oxygen atoms in total. The number of nitrogens with zero attached hydrogens (tertiary/aromatic N) is 1. The molecule has 0 aliphatic rings. The highest BCUT2D eigenvalue weighted by Crippen LogP contribution is 2.09. The van der Waals surface area contributed by atoms with Gasteiger partial charge in [0.25, 0.3) is 0 Å². The summed E-state index contributed by atoms with van der Waals surface area (Å²) in [4.78, 5) is 13.9. The number of amides is 1. The molecule has 0 saturated carbocycles. The Labute approximate surface area is 110 Å². The maximum absolute atomic E-state index is 12.1. The highest BCUT2D eigenvalue weighted by atomic mass is 16.2. The zero-order valence-corrected chi connectivity index (χ0v) is 11.4. The van der Waals surface area contributed by atoms with E-state index in [0.717, 1.165) is 19.3 Å². The molecule has 0 aliphatic carbocycles. The minimum Gasteiger partial charge on any atom is -0.315 e. The average molecular weight is 245 g/mol. The molecule has 0 bridgehead atoms. The molecule has 0 N–H and O–H groups in total. The molecule has 1 aromatic carbocycles. The first-order valence-electron chi connectivity index (χ1n) is 6.74. The van der Waals surface area contributed by atoms with Crippen molar-refractivity contribution < 1.29 is 4.79 Å². The third-order valence-electron chi connectivity index (χ3n) is 2.84. The number of hydrogen-bond acceptors (Lipinski definition) is 1. The van der Waals surface area contributed by atoms with Gasteiger partial charge in [-0.3, -0.25) is 4.79 Å². The Morgan fingerprint density at radius 3 is 2.56 bits per heavy atom. The fourth-order valence-corrected chi connectivity index (χ4v) is 1.85. The van der Waals surface area contributed by atoms with Gasteiger partial charge in [-0.2, -0.15) is 0 Å². The van der Waals surface area contributed by atoms with Crippen LogP contribution in [0.5, 0.6) is 0 Å². The number of carbonyl (C=O) groups is 1. The van der Waals surface area contributed by atoms with Crippen molar-refractivity contribution in [1.82, 2.24) is 4.90 Å². The van der Waals surface area contributed by atoms with Crippen LogP contribution in [0, 0.1) is 0 Å². The second kappa shape index (κ2) is 8.51. The molecular formula is C16H23NO. The molecule has 1 rings (SSSR count). The van der Waals surface area contributed by atoms with E-state index in [4.69, 9.17) is 0 Å². The van der Waals surface area contributed by atoms with Crippen LogP contribution in [-0.4, -0.2) is 10.8 Å². The summed E-state index contributed by atoms with van der Waals surface area (Å²) in [5, 5.41) is 0. The molecule has 1 aromatic rings. The smallest absolute Gasteiger partial charge is 0.226 e. The van der Waals surface area contributed by atoms with Gasteiger partial charge in [0.2, 0.25) is 5.91 Å². The van der Waals surface area contributed by atoms with Crippen molar-refractivity contribution in [1.29, 1.82) is 0 Å². The number of allylic oxidation sites excluding steroid dienone is 1. The predicted molar refractivity (Wildman–Crippen MR) is 75.9 cm³/mol. The van der Waals surface area contributed by atoms with E-state index in [0.29, 0.717) is 13.0 Å². The molecule has 1 amide bonds.